The van der Waals surface area contributed by atoms with Crippen molar-refractivity contribution in [1.29, 1.82) is 0 Å². The first-order valence-electron chi connectivity index (χ1n) is 6.10. The molecule has 108 valence electrons. The van der Waals surface area contributed by atoms with Gasteiger partial charge >= 0.3 is 6.03 Å². The average Bonchev–Trinajstić information content (AvgIpc) is 2.42. The maximum atomic E-state index is 13.4. The molecule has 0 heterocycles. The van der Waals surface area contributed by atoms with E-state index in [2.05, 4.69) is 10.6 Å². The van der Waals surface area contributed by atoms with Crippen molar-refractivity contribution in [2.75, 3.05) is 10.6 Å². The predicted octanol–water partition coefficient (Wildman–Crippen LogP) is 3.81. The molecule has 0 radical (unpaired) electrons. The third kappa shape index (κ3) is 3.62. The molecule has 21 heavy (non-hydrogen) atoms. The highest BCUT2D eigenvalue weighted by atomic mass is 19.1. The van der Waals surface area contributed by atoms with Crippen LogP contribution in [0.4, 0.5) is 25.0 Å². The van der Waals surface area contributed by atoms with E-state index in [1.807, 2.05) is 0 Å². The van der Waals surface area contributed by atoms with Crippen molar-refractivity contribution in [3.63, 3.8) is 0 Å². The van der Waals surface area contributed by atoms with Gasteiger partial charge < -0.3 is 10.6 Å². The number of hydrogen-bond donors (Lipinski definition) is 2. The molecule has 0 aliphatic rings. The van der Waals surface area contributed by atoms with E-state index >= 15 is 0 Å². The third-order valence-corrected chi connectivity index (χ3v) is 2.73. The van der Waals surface area contributed by atoms with Gasteiger partial charge in [0, 0.05) is 11.6 Å². The fourth-order valence-corrected chi connectivity index (χ4v) is 1.77. The van der Waals surface area contributed by atoms with Gasteiger partial charge in [-0.2, -0.15) is 0 Å². The Morgan fingerprint density at radius 3 is 2.29 bits per heavy atom. The molecule has 0 spiro atoms. The van der Waals surface area contributed by atoms with Crippen molar-refractivity contribution in [2.24, 2.45) is 0 Å². The van der Waals surface area contributed by atoms with Crippen LogP contribution in [0.1, 0.15) is 17.3 Å². The second-order valence-electron chi connectivity index (χ2n) is 4.31. The second-order valence-corrected chi connectivity index (χ2v) is 4.31. The van der Waals surface area contributed by atoms with Crippen molar-refractivity contribution in [3.8, 4) is 0 Å². The van der Waals surface area contributed by atoms with Crippen LogP contribution in [0.2, 0.25) is 0 Å². The Labute approximate surface area is 119 Å². The van der Waals surface area contributed by atoms with Crippen molar-refractivity contribution in [1.82, 2.24) is 0 Å². The number of anilines is 2. The lowest BCUT2D eigenvalue weighted by Gasteiger charge is -2.10. The van der Waals surface area contributed by atoms with E-state index in [-0.39, 0.29) is 11.5 Å². The number of para-hydroxylation sites is 1. The van der Waals surface area contributed by atoms with Crippen molar-refractivity contribution < 1.29 is 18.4 Å². The van der Waals surface area contributed by atoms with Crippen LogP contribution >= 0.6 is 0 Å². The van der Waals surface area contributed by atoms with Gasteiger partial charge in [-0.25, -0.2) is 13.6 Å². The Bertz CT molecular complexity index is 702. The van der Waals surface area contributed by atoms with E-state index in [1.165, 1.54) is 6.92 Å². The molecule has 0 saturated heterocycles. The van der Waals surface area contributed by atoms with Crippen LogP contribution in [0.3, 0.4) is 0 Å². The fraction of sp³-hybridized carbons (Fsp3) is 0.0667. The van der Waals surface area contributed by atoms with Gasteiger partial charge in [-0.3, -0.25) is 4.79 Å². The average molecular weight is 290 g/mol. The van der Waals surface area contributed by atoms with Gasteiger partial charge in [-0.05, 0) is 31.2 Å². The molecule has 0 bridgehead atoms. The molecule has 2 rings (SSSR count). The van der Waals surface area contributed by atoms with Gasteiger partial charge in [-0.1, -0.05) is 12.1 Å². The first-order chi connectivity index (χ1) is 9.97. The Morgan fingerprint density at radius 1 is 0.952 bits per heavy atom. The monoisotopic (exact) mass is 290 g/mol. The summed E-state index contributed by atoms with van der Waals surface area (Å²) in [5.74, 6) is -1.83. The Hall–Kier alpha value is -2.76. The number of carbonyl (C=O) groups excluding carboxylic acids is 2. The van der Waals surface area contributed by atoms with Crippen LogP contribution in [0.25, 0.3) is 0 Å². The summed E-state index contributed by atoms with van der Waals surface area (Å²) in [5.41, 5.74) is 0.492. The highest BCUT2D eigenvalue weighted by Gasteiger charge is 2.11. The van der Waals surface area contributed by atoms with E-state index < -0.39 is 17.7 Å². The highest BCUT2D eigenvalue weighted by Crippen LogP contribution is 2.18. The summed E-state index contributed by atoms with van der Waals surface area (Å²) < 4.78 is 26.2. The normalized spacial score (nSPS) is 10.0. The van der Waals surface area contributed by atoms with Gasteiger partial charge in [0.15, 0.2) is 5.78 Å². The molecular weight excluding hydrogens is 278 g/mol. The van der Waals surface area contributed by atoms with Gasteiger partial charge in [0.1, 0.15) is 11.6 Å². The molecule has 6 heteroatoms. The summed E-state index contributed by atoms with van der Waals surface area (Å²) in [6.07, 6.45) is 0. The number of rotatable bonds is 3. The van der Waals surface area contributed by atoms with Crippen LogP contribution < -0.4 is 10.6 Å². The minimum atomic E-state index is -0.884. The maximum absolute atomic E-state index is 13.4. The Kier molecular flexibility index (Phi) is 4.27. The number of halogens is 2. The third-order valence-electron chi connectivity index (χ3n) is 2.73. The predicted molar refractivity (Wildman–Crippen MR) is 75.4 cm³/mol. The first-order valence-corrected chi connectivity index (χ1v) is 6.10. The first kappa shape index (κ1) is 14.6. The molecular formula is C15H12F2N2O2. The number of hydrogen-bond acceptors (Lipinski definition) is 2. The van der Waals surface area contributed by atoms with Gasteiger partial charge in [-0.15, -0.1) is 0 Å². The largest absolute Gasteiger partial charge is 0.323 e. The topological polar surface area (TPSA) is 58.2 Å². The van der Waals surface area contributed by atoms with Crippen LogP contribution in [-0.4, -0.2) is 11.8 Å². The molecule has 0 unspecified atom stereocenters. The maximum Gasteiger partial charge on any atom is 0.323 e. The van der Waals surface area contributed by atoms with Gasteiger partial charge in [0.2, 0.25) is 0 Å². The molecule has 4 nitrogen and oxygen atoms in total. The lowest BCUT2D eigenvalue weighted by atomic mass is 10.1. The minimum Gasteiger partial charge on any atom is -0.307 e. The number of urea groups is 1. The second kappa shape index (κ2) is 6.13. The number of ketones is 1. The number of amides is 2. The number of carbonyl (C=O) groups is 2. The molecule has 0 aliphatic carbocycles. The molecule has 0 aliphatic heterocycles. The molecule has 0 aromatic heterocycles. The summed E-state index contributed by atoms with van der Waals surface area (Å²) in [6, 6.07) is 8.52. The number of benzene rings is 2. The standard InChI is InChI=1S/C15H12F2N2O2/c1-9(20)11-4-2-3-5-13(11)18-15(21)19-14-7-6-10(16)8-12(14)17/h2-8H,1H3,(H2,18,19,21). The minimum absolute atomic E-state index is 0.158. The van der Waals surface area contributed by atoms with Gasteiger partial charge in [0.25, 0.3) is 0 Å². The Morgan fingerprint density at radius 2 is 1.62 bits per heavy atom. The zero-order valence-corrected chi connectivity index (χ0v) is 11.1. The smallest absolute Gasteiger partial charge is 0.307 e. The SMILES string of the molecule is CC(=O)c1ccccc1NC(=O)Nc1ccc(F)cc1F. The number of Topliss-reactive ketones (excluding diaryl/α,β-unsaturated/α-hetero) is 1. The molecule has 2 aromatic carbocycles. The van der Waals surface area contributed by atoms with Crippen LogP contribution in [-0.2, 0) is 0 Å². The summed E-state index contributed by atoms with van der Waals surface area (Å²) in [6.45, 7) is 1.37. The van der Waals surface area contributed by atoms with Crippen molar-refractivity contribution in [2.45, 2.75) is 6.92 Å². The molecule has 2 N–H and O–H groups in total. The highest BCUT2D eigenvalue weighted by molar-refractivity contribution is 6.06. The van der Waals surface area contributed by atoms with E-state index in [0.29, 0.717) is 17.3 Å². The summed E-state index contributed by atoms with van der Waals surface area (Å²) >= 11 is 0. The lowest BCUT2D eigenvalue weighted by molar-refractivity contribution is 0.101. The molecule has 2 aromatic rings. The Balaban J connectivity index is 2.14. The molecule has 0 fully saturated rings. The molecule has 0 atom stereocenters. The van der Waals surface area contributed by atoms with E-state index in [1.54, 1.807) is 24.3 Å². The number of nitrogens with one attached hydrogen (secondary N) is 2. The zero-order chi connectivity index (χ0) is 15.4. The summed E-state index contributed by atoms with van der Waals surface area (Å²) in [4.78, 5) is 23.2. The van der Waals surface area contributed by atoms with Crippen molar-refractivity contribution in [3.05, 3.63) is 59.7 Å². The van der Waals surface area contributed by atoms with E-state index in [4.69, 9.17) is 0 Å². The molecule has 0 saturated carbocycles. The quantitative estimate of drug-likeness (QED) is 0.844. The van der Waals surface area contributed by atoms with Crippen LogP contribution in [0.15, 0.2) is 42.5 Å². The van der Waals surface area contributed by atoms with Crippen LogP contribution in [0.5, 0.6) is 0 Å². The van der Waals surface area contributed by atoms with Gasteiger partial charge in [0.05, 0.1) is 11.4 Å². The zero-order valence-electron chi connectivity index (χ0n) is 11.1. The summed E-state index contributed by atoms with van der Waals surface area (Å²) in [7, 11) is 0. The van der Waals surface area contributed by atoms with Crippen LogP contribution in [0, 0.1) is 11.6 Å². The lowest BCUT2D eigenvalue weighted by Crippen LogP contribution is -2.21. The fourth-order valence-electron chi connectivity index (χ4n) is 1.77. The molecule has 2 amide bonds. The van der Waals surface area contributed by atoms with E-state index in [0.717, 1.165) is 12.1 Å². The van der Waals surface area contributed by atoms with Crippen molar-refractivity contribution >= 4 is 23.2 Å². The summed E-state index contributed by atoms with van der Waals surface area (Å²) in [5, 5.41) is 4.70. The van der Waals surface area contributed by atoms with E-state index in [9.17, 15) is 18.4 Å².